The van der Waals surface area contributed by atoms with Gasteiger partial charge in [0.1, 0.15) is 5.54 Å². The number of rotatable bonds is 3. The Morgan fingerprint density at radius 2 is 1.93 bits per heavy atom. The number of amides is 4. The third-order valence-corrected chi connectivity index (χ3v) is 7.21. The van der Waals surface area contributed by atoms with E-state index in [1.54, 1.807) is 0 Å². The molecule has 3 heterocycles. The highest BCUT2D eigenvalue weighted by molar-refractivity contribution is 7.12. The Labute approximate surface area is 176 Å². The molecule has 29 heavy (non-hydrogen) atoms. The lowest BCUT2D eigenvalue weighted by Crippen LogP contribution is -2.55. The molecule has 4 amide bonds. The smallest absolute Gasteiger partial charge is 0.326 e. The third-order valence-electron chi connectivity index (χ3n) is 6.36. The molecule has 2 atom stereocenters. The van der Waals surface area contributed by atoms with Crippen molar-refractivity contribution in [1.82, 2.24) is 20.0 Å². The van der Waals surface area contributed by atoms with E-state index in [-0.39, 0.29) is 23.3 Å². The van der Waals surface area contributed by atoms with Crippen LogP contribution in [0.4, 0.5) is 4.79 Å². The number of thiophene rings is 1. The molecule has 1 aromatic heterocycles. The molecular formula is C21H30N4O3S. The maximum absolute atomic E-state index is 13.3. The molecule has 4 rings (SSSR count). The van der Waals surface area contributed by atoms with Crippen molar-refractivity contribution in [2.45, 2.75) is 45.6 Å². The van der Waals surface area contributed by atoms with Gasteiger partial charge in [-0.15, -0.1) is 11.3 Å². The van der Waals surface area contributed by atoms with Crippen LogP contribution < -0.4 is 5.32 Å². The number of hydrogen-bond donors (Lipinski definition) is 1. The minimum atomic E-state index is -0.755. The zero-order chi connectivity index (χ0) is 20.8. The van der Waals surface area contributed by atoms with Crippen LogP contribution in [0.5, 0.6) is 0 Å². The van der Waals surface area contributed by atoms with Crippen LogP contribution in [0.1, 0.15) is 49.7 Å². The first-order valence-electron chi connectivity index (χ1n) is 10.4. The van der Waals surface area contributed by atoms with E-state index in [9.17, 15) is 14.4 Å². The van der Waals surface area contributed by atoms with E-state index >= 15 is 0 Å². The zero-order valence-corrected chi connectivity index (χ0v) is 18.3. The summed E-state index contributed by atoms with van der Waals surface area (Å²) in [7, 11) is 0. The lowest BCUT2D eigenvalue weighted by atomic mass is 9.64. The van der Waals surface area contributed by atoms with Crippen molar-refractivity contribution in [3.63, 3.8) is 0 Å². The molecular weight excluding hydrogens is 388 g/mol. The van der Waals surface area contributed by atoms with E-state index in [0.29, 0.717) is 51.6 Å². The Hall–Kier alpha value is -1.93. The molecule has 1 spiro atoms. The summed E-state index contributed by atoms with van der Waals surface area (Å²) < 4.78 is 0. The molecule has 2 aliphatic heterocycles. The topological polar surface area (TPSA) is 73.0 Å². The second-order valence-corrected chi connectivity index (χ2v) is 10.6. The van der Waals surface area contributed by atoms with Gasteiger partial charge in [0.05, 0.1) is 11.5 Å². The predicted molar refractivity (Wildman–Crippen MR) is 112 cm³/mol. The van der Waals surface area contributed by atoms with Gasteiger partial charge in [0, 0.05) is 26.2 Å². The van der Waals surface area contributed by atoms with Gasteiger partial charge in [-0.3, -0.25) is 14.5 Å². The van der Waals surface area contributed by atoms with Gasteiger partial charge in [-0.25, -0.2) is 9.69 Å². The van der Waals surface area contributed by atoms with Crippen LogP contribution in [-0.2, 0) is 4.79 Å². The Morgan fingerprint density at radius 3 is 2.55 bits per heavy atom. The van der Waals surface area contributed by atoms with Gasteiger partial charge in [0.2, 0.25) is 0 Å². The van der Waals surface area contributed by atoms with E-state index in [2.05, 4.69) is 31.0 Å². The largest absolute Gasteiger partial charge is 0.335 e. The van der Waals surface area contributed by atoms with Crippen LogP contribution in [0, 0.1) is 11.3 Å². The molecule has 3 aliphatic rings. The number of carbonyl (C=O) groups excluding carboxylic acids is 3. The second kappa shape index (κ2) is 7.40. The van der Waals surface area contributed by atoms with Crippen molar-refractivity contribution in [3.8, 4) is 0 Å². The lowest BCUT2D eigenvalue weighted by molar-refractivity contribution is -0.136. The summed E-state index contributed by atoms with van der Waals surface area (Å²) in [5.74, 6) is 0.376. The summed E-state index contributed by atoms with van der Waals surface area (Å²) in [6.45, 7) is 9.33. The van der Waals surface area contributed by atoms with Crippen molar-refractivity contribution >= 4 is 29.2 Å². The minimum absolute atomic E-state index is 0.0321. The second-order valence-electron chi connectivity index (χ2n) is 9.63. The molecule has 7 nitrogen and oxygen atoms in total. The summed E-state index contributed by atoms with van der Waals surface area (Å²) in [4.78, 5) is 44.5. The highest BCUT2D eigenvalue weighted by atomic mass is 32.1. The highest BCUT2D eigenvalue weighted by Crippen LogP contribution is 2.46. The predicted octanol–water partition coefficient (Wildman–Crippen LogP) is 2.60. The van der Waals surface area contributed by atoms with Crippen molar-refractivity contribution in [1.29, 1.82) is 0 Å². The maximum Gasteiger partial charge on any atom is 0.326 e. The molecule has 0 radical (unpaired) electrons. The quantitative estimate of drug-likeness (QED) is 0.766. The van der Waals surface area contributed by atoms with Gasteiger partial charge in [-0.2, -0.15) is 0 Å². The van der Waals surface area contributed by atoms with Crippen molar-refractivity contribution in [2.24, 2.45) is 11.3 Å². The van der Waals surface area contributed by atoms with Crippen LogP contribution in [0.25, 0.3) is 0 Å². The molecule has 0 unspecified atom stereocenters. The molecule has 158 valence electrons. The number of nitrogens with zero attached hydrogens (tertiary/aromatic N) is 3. The number of imide groups is 1. The Kier molecular flexibility index (Phi) is 5.19. The molecule has 0 aromatic carbocycles. The molecule has 0 bridgehead atoms. The van der Waals surface area contributed by atoms with E-state index < -0.39 is 5.54 Å². The Morgan fingerprint density at radius 1 is 1.21 bits per heavy atom. The monoisotopic (exact) mass is 418 g/mol. The summed E-state index contributed by atoms with van der Waals surface area (Å²) in [6.07, 6.45) is 2.47. The van der Waals surface area contributed by atoms with Crippen molar-refractivity contribution in [3.05, 3.63) is 22.4 Å². The van der Waals surface area contributed by atoms with E-state index in [1.165, 1.54) is 16.2 Å². The number of nitrogens with one attached hydrogen (secondary N) is 1. The SMILES string of the molecule is C[C@@H]1CC(C)(C)C[C@@]2(C1)NC(=O)N(CN1CCN(C(=O)c3cccs3)CC1)C2=O. The fourth-order valence-electron chi connectivity index (χ4n) is 5.48. The Balaban J connectivity index is 1.37. The fraction of sp³-hybridized carbons (Fsp3) is 0.667. The number of hydrogen-bond acceptors (Lipinski definition) is 5. The highest BCUT2D eigenvalue weighted by Gasteiger charge is 2.56. The molecule has 8 heteroatoms. The molecule has 1 aromatic rings. The molecule has 2 saturated heterocycles. The standard InChI is InChI=1S/C21H30N4O3S/c1-15-11-20(2,3)13-21(12-15)18(27)25(19(28)22-21)14-23-6-8-24(9-7-23)17(26)16-5-4-10-29-16/h4-5,10,15H,6-9,11-14H2,1-3H3,(H,22,28)/t15-,21-/m1/s1. The van der Waals surface area contributed by atoms with E-state index in [1.807, 2.05) is 22.4 Å². The van der Waals surface area contributed by atoms with Crippen molar-refractivity contribution in [2.75, 3.05) is 32.8 Å². The van der Waals surface area contributed by atoms with Gasteiger partial charge < -0.3 is 10.2 Å². The zero-order valence-electron chi connectivity index (χ0n) is 17.4. The van der Waals surface area contributed by atoms with Crippen LogP contribution in [0.2, 0.25) is 0 Å². The number of piperazine rings is 1. The first kappa shape index (κ1) is 20.3. The van der Waals surface area contributed by atoms with Gasteiger partial charge in [-0.1, -0.05) is 26.8 Å². The molecule has 1 N–H and O–H groups in total. The average molecular weight is 419 g/mol. The van der Waals surface area contributed by atoms with Crippen molar-refractivity contribution < 1.29 is 14.4 Å². The van der Waals surface area contributed by atoms with Gasteiger partial charge in [0.25, 0.3) is 11.8 Å². The minimum Gasteiger partial charge on any atom is -0.335 e. The fourth-order valence-corrected chi connectivity index (χ4v) is 6.17. The average Bonchev–Trinajstić information content (AvgIpc) is 3.24. The molecule has 3 fully saturated rings. The van der Waals surface area contributed by atoms with Gasteiger partial charge in [-0.05, 0) is 42.0 Å². The maximum atomic E-state index is 13.3. The summed E-state index contributed by atoms with van der Waals surface area (Å²) in [5.41, 5.74) is -0.723. The van der Waals surface area contributed by atoms with Gasteiger partial charge >= 0.3 is 6.03 Å². The first-order chi connectivity index (χ1) is 13.7. The number of carbonyl (C=O) groups is 3. The van der Waals surface area contributed by atoms with Gasteiger partial charge in [0.15, 0.2) is 0 Å². The normalized spacial score (nSPS) is 30.1. The van der Waals surface area contributed by atoms with Crippen LogP contribution >= 0.6 is 11.3 Å². The lowest BCUT2D eigenvalue weighted by Gasteiger charge is -2.44. The Bertz CT molecular complexity index is 801. The summed E-state index contributed by atoms with van der Waals surface area (Å²) in [6, 6.07) is 3.45. The van der Waals surface area contributed by atoms with Crippen LogP contribution in [0.15, 0.2) is 17.5 Å². The molecule has 1 aliphatic carbocycles. The summed E-state index contributed by atoms with van der Waals surface area (Å²) in [5, 5.41) is 4.94. The van der Waals surface area contributed by atoms with Crippen LogP contribution in [-0.4, -0.2) is 70.9 Å². The van der Waals surface area contributed by atoms with Crippen LogP contribution in [0.3, 0.4) is 0 Å². The number of urea groups is 1. The van der Waals surface area contributed by atoms with E-state index in [4.69, 9.17) is 0 Å². The van der Waals surface area contributed by atoms with E-state index in [0.717, 1.165) is 11.3 Å². The third kappa shape index (κ3) is 3.92. The molecule has 1 saturated carbocycles. The summed E-state index contributed by atoms with van der Waals surface area (Å²) >= 11 is 1.45. The first-order valence-corrected chi connectivity index (χ1v) is 11.3.